The number of phenolic OH excluding ortho intramolecular Hbond substituents is 1. The van der Waals surface area contributed by atoms with Gasteiger partial charge in [-0.3, -0.25) is 62.5 Å². The van der Waals surface area contributed by atoms with E-state index in [0.29, 0.717) is 34.1 Å². The summed E-state index contributed by atoms with van der Waals surface area (Å²) in [5, 5.41) is 46.7. The number of likely N-dealkylation sites (tertiary alicyclic amines) is 1. The molecule has 36 heteroatoms. The molecule has 102 heavy (non-hydrogen) atoms. The lowest BCUT2D eigenvalue weighted by Gasteiger charge is -2.31. The number of phenols is 1. The van der Waals surface area contributed by atoms with E-state index in [1.807, 2.05) is 0 Å². The Labute approximate surface area is 600 Å². The first-order valence-corrected chi connectivity index (χ1v) is 34.8. The fourth-order valence-corrected chi connectivity index (χ4v) is 11.5. The summed E-state index contributed by atoms with van der Waals surface area (Å²) in [6.45, 7) is 9.73. The number of guanidine groups is 1. The number of aliphatic imine (C=N–C) groups is 1. The number of rotatable bonds is 41. The van der Waals surface area contributed by atoms with Crippen molar-refractivity contribution in [2.45, 2.75) is 185 Å². The van der Waals surface area contributed by atoms with Crippen molar-refractivity contribution in [3.63, 3.8) is 0 Å². The Morgan fingerprint density at radius 1 is 0.637 bits per heavy atom. The van der Waals surface area contributed by atoms with Crippen LogP contribution in [0.2, 0.25) is 0 Å². The van der Waals surface area contributed by atoms with Gasteiger partial charge in [0.25, 0.3) is 0 Å². The third-order valence-electron chi connectivity index (χ3n) is 17.0. The van der Waals surface area contributed by atoms with Gasteiger partial charge >= 0.3 is 5.97 Å². The van der Waals surface area contributed by atoms with Crippen LogP contribution in [0.4, 0.5) is 0 Å². The summed E-state index contributed by atoms with van der Waals surface area (Å²) in [5.74, 6) is -12.8. The molecule has 0 aliphatic carbocycles. The number of fused-ring (bicyclic) bond motifs is 1. The molecule has 1 fully saturated rings. The highest BCUT2D eigenvalue weighted by molar-refractivity contribution is 7.80. The van der Waals surface area contributed by atoms with Gasteiger partial charge in [0.1, 0.15) is 72.2 Å². The van der Waals surface area contributed by atoms with E-state index in [2.05, 4.69) is 98.4 Å². The number of benzene rings is 2. The molecule has 0 spiro atoms. The number of nitrogens with two attached hydrogens (primary N) is 4. The van der Waals surface area contributed by atoms with Crippen LogP contribution in [0.25, 0.3) is 10.9 Å². The molecular weight excluding hydrogens is 1360 g/mol. The summed E-state index contributed by atoms with van der Waals surface area (Å²) < 4.78 is 0. The summed E-state index contributed by atoms with van der Waals surface area (Å²) in [6.07, 6.45) is 3.65. The highest BCUT2D eigenvalue weighted by Gasteiger charge is 2.42. The minimum atomic E-state index is -1.58. The van der Waals surface area contributed by atoms with Gasteiger partial charge in [-0.2, -0.15) is 25.3 Å². The number of aromatic nitrogens is 3. The normalized spacial score (nSPS) is 16.3. The van der Waals surface area contributed by atoms with Crippen LogP contribution < -0.4 is 76.1 Å². The molecule has 1 aliphatic rings. The first-order chi connectivity index (χ1) is 48.3. The zero-order valence-corrected chi connectivity index (χ0v) is 59.6. The Balaban J connectivity index is 1.42. The van der Waals surface area contributed by atoms with Crippen molar-refractivity contribution in [1.29, 1.82) is 0 Å². The minimum Gasteiger partial charge on any atom is -0.508 e. The molecule has 13 atom stereocenters. The first-order valence-electron chi connectivity index (χ1n) is 33.5. The molecule has 22 N–H and O–H groups in total. The van der Waals surface area contributed by atoms with Gasteiger partial charge in [-0.1, -0.05) is 64.4 Å². The number of hydrogen-bond donors (Lipinski definition) is 20. The van der Waals surface area contributed by atoms with Crippen LogP contribution in [0.15, 0.2) is 72.2 Å². The van der Waals surface area contributed by atoms with Gasteiger partial charge in [0, 0.05) is 79.3 Å². The van der Waals surface area contributed by atoms with E-state index in [-0.39, 0.29) is 93.6 Å². The summed E-state index contributed by atoms with van der Waals surface area (Å²) in [4.78, 5) is 196. The Hall–Kier alpha value is -9.97. The monoisotopic (exact) mass is 1460 g/mol. The average molecular weight is 1460 g/mol. The summed E-state index contributed by atoms with van der Waals surface area (Å²) in [6, 6.07) is -3.39. The number of aliphatic carboxylic acids is 1. The number of thiol groups is 2. The molecule has 4 aromatic rings. The van der Waals surface area contributed by atoms with Crippen molar-refractivity contribution in [2.24, 2.45) is 39.8 Å². The zero-order chi connectivity index (χ0) is 75.5. The van der Waals surface area contributed by atoms with Crippen molar-refractivity contribution >= 4 is 119 Å². The Kier molecular flexibility index (Phi) is 32.8. The third-order valence-corrected chi connectivity index (χ3v) is 17.8. The van der Waals surface area contributed by atoms with Crippen molar-refractivity contribution in [1.82, 2.24) is 73.0 Å². The molecule has 0 bridgehead atoms. The molecular formula is C66H97N19O15S2. The lowest BCUT2D eigenvalue weighted by molar-refractivity contribution is -0.142. The number of imidazole rings is 1. The van der Waals surface area contributed by atoms with E-state index in [1.165, 1.54) is 55.5 Å². The number of amides is 12. The number of hydrogen-bond acceptors (Lipinski definition) is 19. The standard InChI is InChI=1S/C66H97N19O15S2/c1-7-34(4)53(84-58(92)44(14-10-22-72-66(69)70)77-54(88)35(5)75-56(90)42(67)30-101)63(97)76-36(6)55(89)79-47(26-38-28-73-43-13-9-8-12-41(38)43)60(94)82-49(25-37-16-18-40(86)19-17-37)64(98)85-23-11-15-51(85)62(96)78-45(20-21-52(68)87)57(91)81-48(27-39-29-71-32-74-39)61(95)80-46(24-33(2)3)59(93)83-50(31-102)65(99)100/h8-9,12-13,16-19,28-29,32-36,42,44-51,53,73,86,101-102H,7,10-11,14-15,20-27,30-31,67H2,1-6H3,(H2,68,87)(H,71,74)(H,75,90)(H,76,97)(H,77,88)(H,78,96)(H,79,89)(H,80,95)(H,81,91)(H,82,94)(H,83,93)(H,84,92)(H,99,100)(H4,69,70,72)/t34-,35-,36-,42-,44-,45-,46-,47-,48-,49-,50-,51-,53-/m0/s1. The number of carboxylic acids is 1. The van der Waals surface area contributed by atoms with E-state index >= 15 is 9.59 Å². The van der Waals surface area contributed by atoms with Gasteiger partial charge in [-0.25, -0.2) is 9.78 Å². The summed E-state index contributed by atoms with van der Waals surface area (Å²) in [7, 11) is 0. The first kappa shape index (κ1) is 82.7. The van der Waals surface area contributed by atoms with Crippen molar-refractivity contribution < 1.29 is 72.5 Å². The maximum absolute atomic E-state index is 15.3. The number of aromatic hydroxyl groups is 1. The average Bonchev–Trinajstić information content (AvgIpc) is 1.64. The molecule has 2 aromatic carbocycles. The number of para-hydroxylation sites is 1. The fourth-order valence-electron chi connectivity index (χ4n) is 11.1. The number of H-pyrrole nitrogens is 2. The van der Waals surface area contributed by atoms with Gasteiger partial charge < -0.3 is 101 Å². The summed E-state index contributed by atoms with van der Waals surface area (Å²) in [5.41, 5.74) is 24.4. The van der Waals surface area contributed by atoms with Crippen LogP contribution in [0.5, 0.6) is 5.75 Å². The molecule has 2 aromatic heterocycles. The predicted molar refractivity (Wildman–Crippen MR) is 382 cm³/mol. The lowest BCUT2D eigenvalue weighted by atomic mass is 9.97. The molecule has 12 amide bonds. The highest BCUT2D eigenvalue weighted by Crippen LogP contribution is 2.24. The maximum Gasteiger partial charge on any atom is 0.327 e. The van der Waals surface area contributed by atoms with Gasteiger partial charge in [-0.05, 0) is 93.5 Å². The second kappa shape index (κ2) is 40.5. The smallest absolute Gasteiger partial charge is 0.327 e. The third kappa shape index (κ3) is 25.6. The van der Waals surface area contributed by atoms with E-state index < -0.39 is 168 Å². The molecule has 1 saturated heterocycles. The van der Waals surface area contributed by atoms with E-state index in [4.69, 9.17) is 22.9 Å². The number of carbonyl (C=O) groups is 13. The second-order valence-corrected chi connectivity index (χ2v) is 26.3. The van der Waals surface area contributed by atoms with E-state index in [1.54, 1.807) is 58.2 Å². The molecule has 0 unspecified atom stereocenters. The molecule has 34 nitrogen and oxygen atoms in total. The topological polar surface area (TPSA) is 547 Å². The summed E-state index contributed by atoms with van der Waals surface area (Å²) >= 11 is 8.05. The van der Waals surface area contributed by atoms with Crippen molar-refractivity contribution in [3.05, 3.63) is 84.1 Å². The van der Waals surface area contributed by atoms with Gasteiger partial charge in [0.05, 0.1) is 12.4 Å². The van der Waals surface area contributed by atoms with Gasteiger partial charge in [0.2, 0.25) is 70.9 Å². The number of carboxylic acid groups (broad SMARTS) is 1. The van der Waals surface area contributed by atoms with Crippen LogP contribution >= 0.6 is 25.3 Å². The maximum atomic E-state index is 15.3. The minimum absolute atomic E-state index is 0.0103. The number of carbonyl (C=O) groups excluding carboxylic acids is 12. The van der Waals surface area contributed by atoms with Gasteiger partial charge in [-0.15, -0.1) is 0 Å². The molecule has 1 aliphatic heterocycles. The van der Waals surface area contributed by atoms with Crippen LogP contribution in [0.1, 0.15) is 110 Å². The Morgan fingerprint density at radius 3 is 1.80 bits per heavy atom. The fraction of sp³-hybridized carbons (Fsp3) is 0.530. The predicted octanol–water partition coefficient (Wildman–Crippen LogP) is -2.81. The number of aromatic amines is 2. The zero-order valence-electron chi connectivity index (χ0n) is 57.8. The Bertz CT molecular complexity index is 3590. The number of primary amides is 1. The quantitative estimate of drug-likeness (QED) is 0.00923. The van der Waals surface area contributed by atoms with Crippen LogP contribution in [0, 0.1) is 11.8 Å². The molecule has 558 valence electrons. The van der Waals surface area contributed by atoms with Crippen LogP contribution in [-0.2, 0) is 81.6 Å². The lowest BCUT2D eigenvalue weighted by Crippen LogP contribution is -2.61. The number of nitrogens with one attached hydrogen (secondary N) is 12. The van der Waals surface area contributed by atoms with Crippen LogP contribution in [-0.4, -0.2) is 210 Å². The molecule has 0 radical (unpaired) electrons. The highest BCUT2D eigenvalue weighted by atomic mass is 32.1. The van der Waals surface area contributed by atoms with E-state index in [0.717, 1.165) is 0 Å². The van der Waals surface area contributed by atoms with Crippen molar-refractivity contribution in [2.75, 3.05) is 24.6 Å². The largest absolute Gasteiger partial charge is 0.508 e. The van der Waals surface area contributed by atoms with Crippen LogP contribution in [0.3, 0.4) is 0 Å². The van der Waals surface area contributed by atoms with Gasteiger partial charge in [0.15, 0.2) is 5.96 Å². The van der Waals surface area contributed by atoms with E-state index in [9.17, 15) is 63.0 Å². The second-order valence-electron chi connectivity index (χ2n) is 25.6. The molecule has 5 rings (SSSR count). The molecule has 3 heterocycles. The number of nitrogens with zero attached hydrogens (tertiary/aromatic N) is 3. The SMILES string of the molecule is CC[C@H](C)[C@H](NC(=O)[C@H](CCCN=C(N)N)NC(=O)[C@H](C)NC(=O)[C@@H](N)CS)C(=O)N[C@@H](C)C(=O)N[C@@H](Cc1c[nH]c2ccccc12)C(=O)N[C@@H](Cc1ccc(O)cc1)C(=O)N1CCC[C@H]1C(=O)N[C@@H](CCC(N)=O)C(=O)N[C@@H](Cc1cnc[nH]1)C(=O)N[C@@H](CC(C)C)C(=O)N[C@@H](CS)C(=O)O. The molecule has 0 saturated carbocycles. The van der Waals surface area contributed by atoms with Crippen molar-refractivity contribution in [3.8, 4) is 5.75 Å². The Morgan fingerprint density at radius 2 is 1.21 bits per heavy atom.